The van der Waals surface area contributed by atoms with Crippen LogP contribution in [-0.4, -0.2) is 32.9 Å². The van der Waals surface area contributed by atoms with Crippen LogP contribution >= 0.6 is 11.6 Å². The van der Waals surface area contributed by atoms with E-state index in [1.165, 1.54) is 12.4 Å². The Morgan fingerprint density at radius 1 is 1.53 bits per heavy atom. The number of hydrogen-bond acceptors (Lipinski definition) is 3. The number of carbonyl (C=O) groups excluding carboxylic acids is 1. The zero-order chi connectivity index (χ0) is 12.4. The van der Waals surface area contributed by atoms with E-state index in [9.17, 15) is 4.79 Å². The van der Waals surface area contributed by atoms with Crippen molar-refractivity contribution in [2.45, 2.75) is 45.2 Å². The summed E-state index contributed by atoms with van der Waals surface area (Å²) in [5.74, 6) is -0.0585. The fraction of sp³-hybridized carbons (Fsp3) is 0.583. The van der Waals surface area contributed by atoms with Gasteiger partial charge in [-0.15, -0.1) is 0 Å². The highest BCUT2D eigenvalue weighted by molar-refractivity contribution is 6.29. The topological polar surface area (TPSA) is 46.1 Å². The molecule has 2 rings (SSSR count). The SMILES string of the molecule is CCC1CCC(C)N1C(=O)c1cncc(Cl)n1. The number of carbonyl (C=O) groups is 1. The van der Waals surface area contributed by atoms with Gasteiger partial charge < -0.3 is 4.90 Å². The summed E-state index contributed by atoms with van der Waals surface area (Å²) in [7, 11) is 0. The summed E-state index contributed by atoms with van der Waals surface area (Å²) < 4.78 is 0. The van der Waals surface area contributed by atoms with Gasteiger partial charge in [0.1, 0.15) is 10.8 Å². The zero-order valence-electron chi connectivity index (χ0n) is 10.1. The molecule has 4 nitrogen and oxygen atoms in total. The molecule has 0 aliphatic carbocycles. The summed E-state index contributed by atoms with van der Waals surface area (Å²) in [5, 5.41) is 0.260. The molecule has 1 saturated heterocycles. The van der Waals surface area contributed by atoms with Crippen molar-refractivity contribution < 1.29 is 4.79 Å². The van der Waals surface area contributed by atoms with Gasteiger partial charge in [-0.25, -0.2) is 4.98 Å². The highest BCUT2D eigenvalue weighted by Crippen LogP contribution is 2.27. The average Bonchev–Trinajstić information content (AvgIpc) is 2.69. The first-order valence-corrected chi connectivity index (χ1v) is 6.31. The van der Waals surface area contributed by atoms with Crippen LogP contribution in [0.4, 0.5) is 0 Å². The molecule has 1 fully saturated rings. The van der Waals surface area contributed by atoms with Crippen molar-refractivity contribution in [3.63, 3.8) is 0 Å². The van der Waals surface area contributed by atoms with Gasteiger partial charge in [-0.3, -0.25) is 9.78 Å². The standard InChI is InChI=1S/C12H16ClN3O/c1-3-9-5-4-8(2)16(9)12(17)10-6-14-7-11(13)15-10/h6-9H,3-5H2,1-2H3. The summed E-state index contributed by atoms with van der Waals surface area (Å²) in [6, 6.07) is 0.589. The third kappa shape index (κ3) is 2.41. The quantitative estimate of drug-likeness (QED) is 0.814. The lowest BCUT2D eigenvalue weighted by Gasteiger charge is -2.27. The first-order chi connectivity index (χ1) is 8.13. The number of halogens is 1. The van der Waals surface area contributed by atoms with Crippen LogP contribution in [0.15, 0.2) is 12.4 Å². The molecule has 1 aromatic heterocycles. The maximum Gasteiger partial charge on any atom is 0.274 e. The number of hydrogen-bond donors (Lipinski definition) is 0. The Morgan fingerprint density at radius 2 is 2.29 bits per heavy atom. The van der Waals surface area contributed by atoms with Gasteiger partial charge in [-0.1, -0.05) is 18.5 Å². The molecule has 0 spiro atoms. The van der Waals surface area contributed by atoms with Crippen LogP contribution in [0.1, 0.15) is 43.6 Å². The van der Waals surface area contributed by atoms with Crippen molar-refractivity contribution in [3.8, 4) is 0 Å². The summed E-state index contributed by atoms with van der Waals surface area (Å²) in [4.78, 5) is 22.2. The van der Waals surface area contributed by atoms with E-state index in [0.29, 0.717) is 11.7 Å². The molecule has 5 heteroatoms. The van der Waals surface area contributed by atoms with Crippen molar-refractivity contribution in [1.82, 2.24) is 14.9 Å². The van der Waals surface area contributed by atoms with Crippen molar-refractivity contribution in [3.05, 3.63) is 23.2 Å². The minimum Gasteiger partial charge on any atom is -0.332 e. The molecule has 1 aliphatic rings. The van der Waals surface area contributed by atoms with E-state index < -0.39 is 0 Å². The Hall–Kier alpha value is -1.16. The van der Waals surface area contributed by atoms with Crippen LogP contribution in [0.2, 0.25) is 5.15 Å². The lowest BCUT2D eigenvalue weighted by atomic mass is 10.1. The smallest absolute Gasteiger partial charge is 0.274 e. The number of likely N-dealkylation sites (tertiary alicyclic amines) is 1. The molecule has 0 aromatic carbocycles. The van der Waals surface area contributed by atoms with Gasteiger partial charge in [0.15, 0.2) is 0 Å². The van der Waals surface area contributed by atoms with E-state index in [1.54, 1.807) is 0 Å². The van der Waals surface area contributed by atoms with Crippen LogP contribution < -0.4 is 0 Å². The fourth-order valence-corrected chi connectivity index (χ4v) is 2.56. The van der Waals surface area contributed by atoms with Gasteiger partial charge in [0.05, 0.1) is 12.4 Å². The van der Waals surface area contributed by atoms with Crippen LogP contribution in [0, 0.1) is 0 Å². The molecule has 1 amide bonds. The number of rotatable bonds is 2. The first-order valence-electron chi connectivity index (χ1n) is 5.93. The second-order valence-electron chi connectivity index (χ2n) is 4.43. The van der Waals surface area contributed by atoms with E-state index in [0.717, 1.165) is 19.3 Å². The number of amides is 1. The highest BCUT2D eigenvalue weighted by atomic mass is 35.5. The third-order valence-corrected chi connectivity index (χ3v) is 3.50. The molecule has 92 valence electrons. The van der Waals surface area contributed by atoms with Crippen molar-refractivity contribution >= 4 is 17.5 Å². The van der Waals surface area contributed by atoms with Crippen LogP contribution in [-0.2, 0) is 0 Å². The normalized spacial score (nSPS) is 24.1. The summed E-state index contributed by atoms with van der Waals surface area (Å²) in [6.45, 7) is 4.18. The van der Waals surface area contributed by atoms with E-state index in [1.807, 2.05) is 4.90 Å². The number of aromatic nitrogens is 2. The van der Waals surface area contributed by atoms with Crippen molar-refractivity contribution in [1.29, 1.82) is 0 Å². The minimum atomic E-state index is -0.0585. The molecule has 2 unspecified atom stereocenters. The molecule has 0 radical (unpaired) electrons. The zero-order valence-corrected chi connectivity index (χ0v) is 10.8. The monoisotopic (exact) mass is 253 g/mol. The van der Waals surface area contributed by atoms with E-state index in [-0.39, 0.29) is 17.1 Å². The maximum atomic E-state index is 12.3. The third-order valence-electron chi connectivity index (χ3n) is 3.32. The Balaban J connectivity index is 2.24. The maximum absolute atomic E-state index is 12.3. The predicted molar refractivity (Wildman–Crippen MR) is 66.0 cm³/mol. The van der Waals surface area contributed by atoms with Gasteiger partial charge >= 0.3 is 0 Å². The molecule has 1 aliphatic heterocycles. The van der Waals surface area contributed by atoms with Crippen LogP contribution in [0.5, 0.6) is 0 Å². The van der Waals surface area contributed by atoms with Gasteiger partial charge in [0.2, 0.25) is 0 Å². The Morgan fingerprint density at radius 3 is 2.94 bits per heavy atom. The van der Waals surface area contributed by atoms with Gasteiger partial charge in [-0.2, -0.15) is 0 Å². The largest absolute Gasteiger partial charge is 0.332 e. The van der Waals surface area contributed by atoms with Crippen LogP contribution in [0.3, 0.4) is 0 Å². The minimum absolute atomic E-state index is 0.0585. The molecule has 2 heterocycles. The number of nitrogens with zero attached hydrogens (tertiary/aromatic N) is 3. The first kappa shape index (κ1) is 12.3. The molecular weight excluding hydrogens is 238 g/mol. The van der Waals surface area contributed by atoms with Crippen molar-refractivity contribution in [2.75, 3.05) is 0 Å². The summed E-state index contributed by atoms with van der Waals surface area (Å²) in [5.41, 5.74) is 0.338. The Kier molecular flexibility index (Phi) is 3.62. The molecule has 0 saturated carbocycles. The summed E-state index contributed by atoms with van der Waals surface area (Å²) >= 11 is 5.76. The Labute approximate surface area is 106 Å². The van der Waals surface area contributed by atoms with Gasteiger partial charge in [0, 0.05) is 12.1 Å². The lowest BCUT2D eigenvalue weighted by Crippen LogP contribution is -2.40. The lowest BCUT2D eigenvalue weighted by molar-refractivity contribution is 0.0670. The second-order valence-corrected chi connectivity index (χ2v) is 4.82. The average molecular weight is 254 g/mol. The molecule has 1 aromatic rings. The Bertz CT molecular complexity index is 424. The molecule has 0 N–H and O–H groups in total. The second kappa shape index (κ2) is 5.00. The molecule has 17 heavy (non-hydrogen) atoms. The van der Waals surface area contributed by atoms with Gasteiger partial charge in [0.25, 0.3) is 5.91 Å². The summed E-state index contributed by atoms with van der Waals surface area (Å²) in [6.07, 6.45) is 6.01. The molecule has 2 atom stereocenters. The van der Waals surface area contributed by atoms with Gasteiger partial charge in [-0.05, 0) is 26.2 Å². The highest BCUT2D eigenvalue weighted by Gasteiger charge is 2.34. The van der Waals surface area contributed by atoms with E-state index in [4.69, 9.17) is 11.6 Å². The van der Waals surface area contributed by atoms with E-state index >= 15 is 0 Å². The van der Waals surface area contributed by atoms with Crippen molar-refractivity contribution in [2.24, 2.45) is 0 Å². The van der Waals surface area contributed by atoms with E-state index in [2.05, 4.69) is 23.8 Å². The van der Waals surface area contributed by atoms with Crippen LogP contribution in [0.25, 0.3) is 0 Å². The predicted octanol–water partition coefficient (Wildman–Crippen LogP) is 2.53. The molecular formula is C12H16ClN3O. The fourth-order valence-electron chi connectivity index (χ4n) is 2.42. The molecule has 0 bridgehead atoms.